The van der Waals surface area contributed by atoms with Gasteiger partial charge in [0.2, 0.25) is 10.0 Å². The Hall–Kier alpha value is -2.00. The number of nitrogens with zero attached hydrogens (tertiary/aromatic N) is 2. The molecule has 2 heterocycles. The molecule has 2 aromatic rings. The molecule has 0 spiro atoms. The van der Waals surface area contributed by atoms with Gasteiger partial charge in [-0.05, 0) is 56.0 Å². The maximum atomic E-state index is 13.0. The second-order valence-corrected chi connectivity index (χ2v) is 11.5. The van der Waals surface area contributed by atoms with E-state index in [4.69, 9.17) is 27.9 Å². The quantitative estimate of drug-likeness (QED) is 0.599. The van der Waals surface area contributed by atoms with Crippen LogP contribution in [0.1, 0.15) is 36.0 Å². The monoisotopic (exact) mass is 525 g/mol. The number of amides is 1. The fourth-order valence-corrected chi connectivity index (χ4v) is 5.49. The van der Waals surface area contributed by atoms with Crippen LogP contribution in [-0.2, 0) is 10.0 Å². The van der Waals surface area contributed by atoms with Crippen molar-refractivity contribution in [3.63, 3.8) is 0 Å². The van der Waals surface area contributed by atoms with Crippen LogP contribution >= 0.6 is 23.2 Å². The number of benzene rings is 2. The first-order chi connectivity index (χ1) is 16.2. The maximum absolute atomic E-state index is 13.0. The lowest BCUT2D eigenvalue weighted by molar-refractivity contribution is 0.0425. The van der Waals surface area contributed by atoms with Crippen molar-refractivity contribution in [3.05, 3.63) is 58.1 Å². The van der Waals surface area contributed by atoms with Crippen molar-refractivity contribution in [2.75, 3.05) is 37.2 Å². The average Bonchev–Trinajstić information content (AvgIpc) is 2.81. The largest absolute Gasteiger partial charge is 0.490 e. The lowest BCUT2D eigenvalue weighted by Crippen LogP contribution is -2.50. The Labute approximate surface area is 211 Å². The molecule has 7 nitrogen and oxygen atoms in total. The van der Waals surface area contributed by atoms with E-state index in [1.165, 1.54) is 0 Å². The Morgan fingerprint density at radius 2 is 1.68 bits per heavy atom. The zero-order valence-electron chi connectivity index (χ0n) is 19.0. The molecule has 4 rings (SSSR count). The van der Waals surface area contributed by atoms with Gasteiger partial charge in [-0.15, -0.1) is 0 Å². The third-order valence-corrected chi connectivity index (χ3v) is 7.70. The molecule has 1 N–H and O–H groups in total. The zero-order valence-corrected chi connectivity index (χ0v) is 21.4. The van der Waals surface area contributed by atoms with Crippen molar-refractivity contribution in [2.45, 2.75) is 37.8 Å². The maximum Gasteiger partial charge on any atom is 0.253 e. The van der Waals surface area contributed by atoms with E-state index in [0.29, 0.717) is 40.4 Å². The average molecular weight is 526 g/mol. The summed E-state index contributed by atoms with van der Waals surface area (Å²) < 4.78 is 31.5. The summed E-state index contributed by atoms with van der Waals surface area (Å²) in [7, 11) is -3.39. The van der Waals surface area contributed by atoms with Gasteiger partial charge >= 0.3 is 0 Å². The van der Waals surface area contributed by atoms with Crippen molar-refractivity contribution in [2.24, 2.45) is 0 Å². The number of likely N-dealkylation sites (tertiary alicyclic amines) is 2. The number of hydrogen-bond acceptors (Lipinski definition) is 5. The molecular formula is C24H29Cl2N3O4S. The summed E-state index contributed by atoms with van der Waals surface area (Å²) in [6, 6.07) is 12.5. The van der Waals surface area contributed by atoms with Crippen molar-refractivity contribution in [3.8, 4) is 5.75 Å². The fourth-order valence-electron chi connectivity index (χ4n) is 4.65. The Morgan fingerprint density at radius 1 is 0.971 bits per heavy atom. The van der Waals surface area contributed by atoms with Gasteiger partial charge in [0.25, 0.3) is 5.91 Å². The smallest absolute Gasteiger partial charge is 0.253 e. The summed E-state index contributed by atoms with van der Waals surface area (Å²) in [6.45, 7) is 3.30. The molecule has 0 aromatic heterocycles. The van der Waals surface area contributed by atoms with Gasteiger partial charge in [0.05, 0.1) is 16.3 Å². The number of nitrogens with one attached hydrogen (secondary N) is 1. The highest BCUT2D eigenvalue weighted by molar-refractivity contribution is 7.92. The highest BCUT2D eigenvalue weighted by Gasteiger charge is 2.30. The summed E-state index contributed by atoms with van der Waals surface area (Å²) in [5.74, 6) is 0.680. The van der Waals surface area contributed by atoms with Gasteiger partial charge < -0.3 is 9.64 Å². The first-order valence-corrected chi connectivity index (χ1v) is 14.1. The van der Waals surface area contributed by atoms with E-state index >= 15 is 0 Å². The molecule has 1 amide bonds. The van der Waals surface area contributed by atoms with Gasteiger partial charge in [0.15, 0.2) is 0 Å². The van der Waals surface area contributed by atoms with Crippen LogP contribution in [0.5, 0.6) is 5.75 Å². The number of piperidine rings is 2. The number of carbonyl (C=O) groups is 1. The van der Waals surface area contributed by atoms with E-state index in [0.717, 1.165) is 50.8 Å². The van der Waals surface area contributed by atoms with Gasteiger partial charge in [-0.1, -0.05) is 29.3 Å². The predicted octanol–water partition coefficient (Wildman–Crippen LogP) is 4.51. The molecular weight excluding hydrogens is 497 g/mol. The number of rotatable bonds is 6. The standard InChI is InChI=1S/C24H29Cl2N3O4S/c1-34(31,32)27-18-4-2-3-17(15-18)24(30)29-11-7-19(8-12-29)28-13-9-20(10-14-28)33-21-5-6-22(25)23(26)16-21/h2-6,15-16,19-20,27H,7-14H2,1H3. The van der Waals surface area contributed by atoms with Gasteiger partial charge in [0.1, 0.15) is 11.9 Å². The summed E-state index contributed by atoms with van der Waals surface area (Å²) in [5.41, 5.74) is 0.890. The Morgan fingerprint density at radius 3 is 2.32 bits per heavy atom. The third kappa shape index (κ3) is 6.56. The summed E-state index contributed by atoms with van der Waals surface area (Å²) >= 11 is 12.1. The molecule has 0 unspecified atom stereocenters. The lowest BCUT2D eigenvalue weighted by atomic mass is 9.98. The molecule has 2 aliphatic rings. The van der Waals surface area contributed by atoms with Crippen LogP contribution in [0.25, 0.3) is 0 Å². The first kappa shape index (κ1) is 25.1. The second-order valence-electron chi connectivity index (χ2n) is 8.91. The summed E-state index contributed by atoms with van der Waals surface area (Å²) in [5, 5.41) is 1.02. The highest BCUT2D eigenvalue weighted by Crippen LogP contribution is 2.29. The van der Waals surface area contributed by atoms with Crippen molar-refractivity contribution in [1.82, 2.24) is 9.80 Å². The molecule has 10 heteroatoms. The fraction of sp³-hybridized carbons (Fsp3) is 0.458. The highest BCUT2D eigenvalue weighted by atomic mass is 35.5. The van der Waals surface area contributed by atoms with Crippen molar-refractivity contribution in [1.29, 1.82) is 0 Å². The minimum atomic E-state index is -3.39. The second kappa shape index (κ2) is 10.7. The number of anilines is 1. The molecule has 2 fully saturated rings. The number of hydrogen-bond donors (Lipinski definition) is 1. The van der Waals surface area contributed by atoms with Crippen LogP contribution in [0.4, 0.5) is 5.69 Å². The SMILES string of the molecule is CS(=O)(=O)Nc1cccc(C(=O)N2CCC(N3CCC(Oc4ccc(Cl)c(Cl)c4)CC3)CC2)c1. The van der Waals surface area contributed by atoms with Crippen LogP contribution < -0.4 is 9.46 Å². The van der Waals surface area contributed by atoms with Crippen LogP contribution in [0.2, 0.25) is 10.0 Å². The molecule has 2 aliphatic heterocycles. The molecule has 0 saturated carbocycles. The normalized spacial score (nSPS) is 18.6. The van der Waals surface area contributed by atoms with E-state index in [9.17, 15) is 13.2 Å². The molecule has 2 saturated heterocycles. The summed E-state index contributed by atoms with van der Waals surface area (Å²) in [4.78, 5) is 17.3. The molecule has 34 heavy (non-hydrogen) atoms. The van der Waals surface area contributed by atoms with E-state index < -0.39 is 10.0 Å². The molecule has 0 atom stereocenters. The molecule has 0 bridgehead atoms. The Kier molecular flexibility index (Phi) is 7.92. The van der Waals surface area contributed by atoms with Gasteiger partial charge in [-0.2, -0.15) is 0 Å². The molecule has 184 valence electrons. The number of halogens is 2. The first-order valence-electron chi connectivity index (χ1n) is 11.4. The molecule has 0 aliphatic carbocycles. The Balaban J connectivity index is 1.25. The van der Waals surface area contributed by atoms with Crippen molar-refractivity contribution < 1.29 is 17.9 Å². The predicted molar refractivity (Wildman–Crippen MR) is 136 cm³/mol. The van der Waals surface area contributed by atoms with Gasteiger partial charge in [0, 0.05) is 49.5 Å². The van der Waals surface area contributed by atoms with Gasteiger partial charge in [-0.25, -0.2) is 8.42 Å². The lowest BCUT2D eigenvalue weighted by Gasteiger charge is -2.41. The van der Waals surface area contributed by atoms with Crippen LogP contribution in [0.15, 0.2) is 42.5 Å². The molecule has 0 radical (unpaired) electrons. The minimum Gasteiger partial charge on any atom is -0.490 e. The van der Waals surface area contributed by atoms with Crippen molar-refractivity contribution >= 4 is 44.8 Å². The van der Waals surface area contributed by atoms with Crippen LogP contribution in [0.3, 0.4) is 0 Å². The van der Waals surface area contributed by atoms with E-state index in [2.05, 4.69) is 9.62 Å². The number of ether oxygens (including phenoxy) is 1. The topological polar surface area (TPSA) is 79.0 Å². The number of carbonyl (C=O) groups excluding carboxylic acids is 1. The Bertz CT molecular complexity index is 1130. The van der Waals surface area contributed by atoms with E-state index in [1.807, 2.05) is 11.0 Å². The molecule has 2 aromatic carbocycles. The zero-order chi connectivity index (χ0) is 24.3. The third-order valence-electron chi connectivity index (χ3n) is 6.35. The summed E-state index contributed by atoms with van der Waals surface area (Å²) in [6.07, 6.45) is 4.98. The van der Waals surface area contributed by atoms with Crippen LogP contribution in [0, 0.1) is 0 Å². The van der Waals surface area contributed by atoms with E-state index in [-0.39, 0.29) is 12.0 Å². The minimum absolute atomic E-state index is 0.0654. The van der Waals surface area contributed by atoms with Gasteiger partial charge in [-0.3, -0.25) is 14.4 Å². The van der Waals surface area contributed by atoms with E-state index in [1.54, 1.807) is 36.4 Å². The number of sulfonamides is 1. The van der Waals surface area contributed by atoms with Crippen LogP contribution in [-0.4, -0.2) is 68.7 Å².